The van der Waals surface area contributed by atoms with Crippen molar-refractivity contribution >= 4 is 16.8 Å². The van der Waals surface area contributed by atoms with Gasteiger partial charge >= 0.3 is 0 Å². The zero-order valence-corrected chi connectivity index (χ0v) is 16.2. The van der Waals surface area contributed by atoms with Gasteiger partial charge in [0.25, 0.3) is 5.91 Å². The van der Waals surface area contributed by atoms with Crippen molar-refractivity contribution in [2.45, 2.75) is 33.8 Å². The highest BCUT2D eigenvalue weighted by Crippen LogP contribution is 2.23. The molecule has 0 saturated carbocycles. The molecule has 0 aliphatic rings. The first kappa shape index (κ1) is 18.9. The molecule has 4 nitrogen and oxygen atoms in total. The fourth-order valence-electron chi connectivity index (χ4n) is 2.82. The highest BCUT2D eigenvalue weighted by Gasteiger charge is 2.13. The summed E-state index contributed by atoms with van der Waals surface area (Å²) in [6.45, 7) is 7.42. The molecule has 0 atom stereocenters. The molecule has 0 aliphatic heterocycles. The zero-order valence-electron chi connectivity index (χ0n) is 16.2. The number of nitrogens with one attached hydrogen (secondary N) is 1. The molecule has 2 aromatic carbocycles. The summed E-state index contributed by atoms with van der Waals surface area (Å²) in [5.41, 5.74) is 3.64. The first-order valence-electron chi connectivity index (χ1n) is 9.39. The molecule has 0 bridgehead atoms. The number of carbonyl (C=O) groups excluding carboxylic acids is 1. The Morgan fingerprint density at radius 2 is 1.85 bits per heavy atom. The number of pyridine rings is 1. The number of benzene rings is 2. The summed E-state index contributed by atoms with van der Waals surface area (Å²) in [7, 11) is 0. The molecule has 0 aliphatic carbocycles. The van der Waals surface area contributed by atoms with Crippen LogP contribution in [0.25, 0.3) is 10.9 Å². The van der Waals surface area contributed by atoms with Crippen LogP contribution in [0.4, 0.5) is 0 Å². The summed E-state index contributed by atoms with van der Waals surface area (Å²) < 4.78 is 5.88. The number of hydrogen-bond acceptors (Lipinski definition) is 3. The second-order valence-electron chi connectivity index (χ2n) is 7.24. The van der Waals surface area contributed by atoms with Crippen LogP contribution in [0.1, 0.15) is 41.8 Å². The molecule has 1 heterocycles. The van der Waals surface area contributed by atoms with E-state index in [1.807, 2.05) is 36.4 Å². The van der Waals surface area contributed by atoms with E-state index >= 15 is 0 Å². The van der Waals surface area contributed by atoms with Gasteiger partial charge in [0.15, 0.2) is 0 Å². The largest absolute Gasteiger partial charge is 0.473 e. The van der Waals surface area contributed by atoms with Gasteiger partial charge in [-0.05, 0) is 30.9 Å². The normalized spacial score (nSPS) is 11.0. The first-order chi connectivity index (χ1) is 13.0. The van der Waals surface area contributed by atoms with Crippen LogP contribution in [0.2, 0.25) is 0 Å². The van der Waals surface area contributed by atoms with Gasteiger partial charge in [0.05, 0.1) is 11.1 Å². The van der Waals surface area contributed by atoms with E-state index in [4.69, 9.17) is 4.74 Å². The van der Waals surface area contributed by atoms with Gasteiger partial charge in [-0.25, -0.2) is 4.98 Å². The molecule has 4 heteroatoms. The molecule has 1 aromatic heterocycles. The number of para-hydroxylation sites is 1. The van der Waals surface area contributed by atoms with E-state index in [-0.39, 0.29) is 5.91 Å². The predicted molar refractivity (Wildman–Crippen MR) is 109 cm³/mol. The summed E-state index contributed by atoms with van der Waals surface area (Å²) in [6, 6.07) is 17.6. The van der Waals surface area contributed by atoms with Gasteiger partial charge in [-0.1, -0.05) is 61.9 Å². The Morgan fingerprint density at radius 3 is 2.59 bits per heavy atom. The molecule has 0 unspecified atom stereocenters. The third-order valence-corrected chi connectivity index (χ3v) is 4.45. The molecule has 0 spiro atoms. The van der Waals surface area contributed by atoms with Crippen molar-refractivity contribution in [2.75, 3.05) is 6.54 Å². The van der Waals surface area contributed by atoms with Crippen molar-refractivity contribution in [2.24, 2.45) is 5.92 Å². The highest BCUT2D eigenvalue weighted by molar-refractivity contribution is 6.06. The molecular weight excluding hydrogens is 336 g/mol. The molecule has 1 N–H and O–H groups in total. The van der Waals surface area contributed by atoms with Crippen LogP contribution >= 0.6 is 0 Å². The maximum Gasteiger partial charge on any atom is 0.252 e. The lowest BCUT2D eigenvalue weighted by Crippen LogP contribution is -2.25. The number of nitrogens with zero attached hydrogens (tertiary/aromatic N) is 1. The monoisotopic (exact) mass is 362 g/mol. The number of amides is 1. The highest BCUT2D eigenvalue weighted by atomic mass is 16.5. The van der Waals surface area contributed by atoms with E-state index in [0.29, 0.717) is 30.5 Å². The van der Waals surface area contributed by atoms with Gasteiger partial charge in [0.1, 0.15) is 6.61 Å². The maximum absolute atomic E-state index is 12.7. The van der Waals surface area contributed by atoms with Crippen LogP contribution in [-0.4, -0.2) is 17.4 Å². The molecule has 1 amide bonds. The average molecular weight is 362 g/mol. The number of hydrogen-bond donors (Lipinski definition) is 1. The third kappa shape index (κ3) is 5.07. The van der Waals surface area contributed by atoms with E-state index < -0.39 is 0 Å². The lowest BCUT2D eigenvalue weighted by atomic mass is 10.1. The van der Waals surface area contributed by atoms with E-state index in [0.717, 1.165) is 22.9 Å². The lowest BCUT2D eigenvalue weighted by Gasteiger charge is -2.12. The molecule has 0 radical (unpaired) electrons. The van der Waals surface area contributed by atoms with Crippen LogP contribution in [-0.2, 0) is 6.61 Å². The van der Waals surface area contributed by atoms with Crippen molar-refractivity contribution in [3.05, 3.63) is 71.3 Å². The molecule has 3 rings (SSSR count). The van der Waals surface area contributed by atoms with E-state index in [1.54, 1.807) is 6.07 Å². The van der Waals surface area contributed by atoms with E-state index in [2.05, 4.69) is 43.2 Å². The number of aromatic nitrogens is 1. The second-order valence-corrected chi connectivity index (χ2v) is 7.24. The topological polar surface area (TPSA) is 51.2 Å². The van der Waals surface area contributed by atoms with Crippen LogP contribution < -0.4 is 10.1 Å². The third-order valence-electron chi connectivity index (χ3n) is 4.45. The summed E-state index contributed by atoms with van der Waals surface area (Å²) >= 11 is 0. The van der Waals surface area contributed by atoms with Crippen molar-refractivity contribution in [3.63, 3.8) is 0 Å². The second kappa shape index (κ2) is 8.67. The Morgan fingerprint density at radius 1 is 1.11 bits per heavy atom. The van der Waals surface area contributed by atoms with E-state index in [9.17, 15) is 4.79 Å². The van der Waals surface area contributed by atoms with Crippen molar-refractivity contribution in [1.29, 1.82) is 0 Å². The molecule has 3 aromatic rings. The SMILES string of the molecule is Cc1ccc(COc2cc(C(=O)NCCC(C)C)c3ccccc3n2)cc1. The molecule has 140 valence electrons. The maximum atomic E-state index is 12.7. The fourth-order valence-corrected chi connectivity index (χ4v) is 2.82. The molecule has 0 fully saturated rings. The average Bonchev–Trinajstić information content (AvgIpc) is 2.66. The first-order valence-corrected chi connectivity index (χ1v) is 9.39. The minimum Gasteiger partial charge on any atom is -0.473 e. The van der Waals surface area contributed by atoms with Crippen LogP contribution in [0.3, 0.4) is 0 Å². The molecule has 27 heavy (non-hydrogen) atoms. The zero-order chi connectivity index (χ0) is 19.2. The fraction of sp³-hybridized carbons (Fsp3) is 0.304. The van der Waals surface area contributed by atoms with Crippen LogP contribution in [0.15, 0.2) is 54.6 Å². The Kier molecular flexibility index (Phi) is 6.07. The Bertz CT molecular complexity index is 917. The summed E-state index contributed by atoms with van der Waals surface area (Å²) in [5.74, 6) is 0.922. The van der Waals surface area contributed by atoms with Gasteiger partial charge in [-0.15, -0.1) is 0 Å². The minimum absolute atomic E-state index is 0.0885. The Balaban J connectivity index is 1.81. The van der Waals surface area contributed by atoms with Gasteiger partial charge < -0.3 is 10.1 Å². The standard InChI is InChI=1S/C23H26N2O2/c1-16(2)12-13-24-23(26)20-14-22(25-21-7-5-4-6-19(20)21)27-15-18-10-8-17(3)9-11-18/h4-11,14,16H,12-13,15H2,1-3H3,(H,24,26). The van der Waals surface area contributed by atoms with Crippen LogP contribution in [0, 0.1) is 12.8 Å². The minimum atomic E-state index is -0.0885. The number of ether oxygens (including phenoxy) is 1. The van der Waals surface area contributed by atoms with Crippen LogP contribution in [0.5, 0.6) is 5.88 Å². The van der Waals surface area contributed by atoms with Gasteiger partial charge in [-0.3, -0.25) is 4.79 Å². The van der Waals surface area contributed by atoms with E-state index in [1.165, 1.54) is 5.56 Å². The van der Waals surface area contributed by atoms with Gasteiger partial charge in [0.2, 0.25) is 5.88 Å². The van der Waals surface area contributed by atoms with Gasteiger partial charge in [0, 0.05) is 18.0 Å². The number of rotatable bonds is 7. The predicted octanol–water partition coefficient (Wildman–Crippen LogP) is 4.90. The van der Waals surface area contributed by atoms with Gasteiger partial charge in [-0.2, -0.15) is 0 Å². The number of carbonyl (C=O) groups is 1. The summed E-state index contributed by atoms with van der Waals surface area (Å²) in [6.07, 6.45) is 0.950. The lowest BCUT2D eigenvalue weighted by molar-refractivity contribution is 0.0953. The number of aryl methyl sites for hydroxylation is 1. The molecular formula is C23H26N2O2. The quantitative estimate of drug-likeness (QED) is 0.650. The Labute approximate surface area is 160 Å². The van der Waals surface area contributed by atoms with Crippen molar-refractivity contribution in [3.8, 4) is 5.88 Å². The van der Waals surface area contributed by atoms with Crippen molar-refractivity contribution < 1.29 is 9.53 Å². The molecule has 0 saturated heterocycles. The Hall–Kier alpha value is -2.88. The summed E-state index contributed by atoms with van der Waals surface area (Å²) in [5, 5.41) is 3.84. The smallest absolute Gasteiger partial charge is 0.252 e. The summed E-state index contributed by atoms with van der Waals surface area (Å²) in [4.78, 5) is 17.3. The van der Waals surface area contributed by atoms with Crippen molar-refractivity contribution in [1.82, 2.24) is 10.3 Å². The number of fused-ring (bicyclic) bond motifs is 1.